The lowest BCUT2D eigenvalue weighted by Crippen LogP contribution is -2.41. The number of aromatic nitrogens is 4. The predicted molar refractivity (Wildman–Crippen MR) is 144 cm³/mol. The zero-order chi connectivity index (χ0) is 26.3. The molecule has 190 valence electrons. The zero-order valence-corrected chi connectivity index (χ0v) is 21.5. The van der Waals surface area contributed by atoms with Crippen molar-refractivity contribution in [2.75, 3.05) is 0 Å². The molecule has 37 heavy (non-hydrogen) atoms. The van der Waals surface area contributed by atoms with Crippen molar-refractivity contribution in [3.63, 3.8) is 0 Å². The van der Waals surface area contributed by atoms with E-state index in [0.717, 1.165) is 23.1 Å². The molecule has 0 bridgehead atoms. The Morgan fingerprint density at radius 1 is 0.946 bits per heavy atom. The molecule has 0 saturated heterocycles. The summed E-state index contributed by atoms with van der Waals surface area (Å²) in [6.07, 6.45) is 2.50. The molecule has 0 N–H and O–H groups in total. The van der Waals surface area contributed by atoms with Gasteiger partial charge >= 0.3 is 11.3 Å². The van der Waals surface area contributed by atoms with Crippen molar-refractivity contribution in [2.24, 2.45) is 5.92 Å². The number of imidazole rings is 1. The average Bonchev–Trinajstić information content (AvgIpc) is 3.30. The molecule has 0 aliphatic heterocycles. The van der Waals surface area contributed by atoms with Gasteiger partial charge in [-0.15, -0.1) is 0 Å². The molecule has 0 amide bonds. The molecule has 5 rings (SSSR count). The van der Waals surface area contributed by atoms with Gasteiger partial charge in [-0.2, -0.15) is 0 Å². The van der Waals surface area contributed by atoms with Gasteiger partial charge in [-0.1, -0.05) is 56.3 Å². The summed E-state index contributed by atoms with van der Waals surface area (Å²) in [7, 11) is 0. The molecule has 0 unspecified atom stereocenters. The predicted octanol–water partition coefficient (Wildman–Crippen LogP) is 4.23. The minimum absolute atomic E-state index is 0.0532. The van der Waals surface area contributed by atoms with E-state index in [0.29, 0.717) is 40.2 Å². The first-order valence-electron chi connectivity index (χ1n) is 12.5. The second-order valence-corrected chi connectivity index (χ2v) is 10.0. The highest BCUT2D eigenvalue weighted by atomic mass is 16.4. The van der Waals surface area contributed by atoms with Gasteiger partial charge in [0, 0.05) is 18.0 Å². The van der Waals surface area contributed by atoms with E-state index >= 15 is 0 Å². The van der Waals surface area contributed by atoms with E-state index in [-0.39, 0.29) is 13.1 Å². The van der Waals surface area contributed by atoms with Crippen LogP contribution in [0.25, 0.3) is 22.1 Å². The van der Waals surface area contributed by atoms with Crippen LogP contribution in [-0.2, 0) is 19.6 Å². The first-order valence-corrected chi connectivity index (χ1v) is 12.5. The van der Waals surface area contributed by atoms with Gasteiger partial charge in [-0.05, 0) is 48.4 Å². The Balaban J connectivity index is 1.74. The monoisotopic (exact) mass is 498 g/mol. The van der Waals surface area contributed by atoms with Gasteiger partial charge in [0.05, 0.1) is 19.4 Å². The van der Waals surface area contributed by atoms with Crippen molar-refractivity contribution in [3.05, 3.63) is 108 Å². The molecule has 8 heteroatoms. The summed E-state index contributed by atoms with van der Waals surface area (Å²) in [6.45, 7) is 8.92. The molecule has 0 fully saturated rings. The van der Waals surface area contributed by atoms with E-state index in [1.54, 1.807) is 10.9 Å². The summed E-state index contributed by atoms with van der Waals surface area (Å²) in [6, 6.07) is 14.8. The molecule has 0 saturated carbocycles. The molecular formula is C29H30N4O4. The van der Waals surface area contributed by atoms with Gasteiger partial charge in [0.2, 0.25) is 0 Å². The Morgan fingerprint density at radius 3 is 2.43 bits per heavy atom. The fraction of sp³-hybridized carbons (Fsp3) is 0.310. The number of hydrogen-bond acceptors (Lipinski definition) is 5. The SMILES string of the molecule is Cc1ccc2c(Cn3c(=O)c4c(ncn4CCC(C)C)n(Cc4ccccc4)c3=O)cc(=O)oc2c1C. The van der Waals surface area contributed by atoms with Crippen LogP contribution in [0.4, 0.5) is 0 Å². The minimum atomic E-state index is -0.517. The topological polar surface area (TPSA) is 92.0 Å². The summed E-state index contributed by atoms with van der Waals surface area (Å²) in [5.74, 6) is 0.441. The van der Waals surface area contributed by atoms with Gasteiger partial charge in [0.1, 0.15) is 5.58 Å². The fourth-order valence-corrected chi connectivity index (χ4v) is 4.68. The second kappa shape index (κ2) is 9.69. The van der Waals surface area contributed by atoms with Gasteiger partial charge in [0.25, 0.3) is 5.56 Å². The Bertz CT molecular complexity index is 1790. The van der Waals surface area contributed by atoms with Gasteiger partial charge in [-0.25, -0.2) is 14.6 Å². The highest BCUT2D eigenvalue weighted by Gasteiger charge is 2.20. The van der Waals surface area contributed by atoms with Crippen molar-refractivity contribution < 1.29 is 4.42 Å². The molecule has 3 aromatic heterocycles. The van der Waals surface area contributed by atoms with Crippen molar-refractivity contribution in [1.82, 2.24) is 18.7 Å². The van der Waals surface area contributed by atoms with Crippen molar-refractivity contribution in [3.8, 4) is 0 Å². The van der Waals surface area contributed by atoms with Gasteiger partial charge in [0.15, 0.2) is 11.2 Å². The first-order chi connectivity index (χ1) is 17.7. The molecule has 0 aliphatic carbocycles. The molecule has 8 nitrogen and oxygen atoms in total. The molecule has 0 atom stereocenters. The molecule has 3 heterocycles. The van der Waals surface area contributed by atoms with Crippen molar-refractivity contribution in [2.45, 2.75) is 53.8 Å². The van der Waals surface area contributed by atoms with Crippen LogP contribution >= 0.6 is 0 Å². The summed E-state index contributed by atoms with van der Waals surface area (Å²) in [5, 5.41) is 0.706. The maximum Gasteiger partial charge on any atom is 0.336 e. The highest BCUT2D eigenvalue weighted by molar-refractivity contribution is 5.84. The molecular weight excluding hydrogens is 468 g/mol. The Morgan fingerprint density at radius 2 is 1.70 bits per heavy atom. The maximum absolute atomic E-state index is 13.8. The summed E-state index contributed by atoms with van der Waals surface area (Å²) >= 11 is 0. The number of fused-ring (bicyclic) bond motifs is 2. The molecule has 0 aliphatic rings. The van der Waals surface area contributed by atoms with Crippen LogP contribution in [0.15, 0.2) is 73.7 Å². The number of hydrogen-bond donors (Lipinski definition) is 0. The van der Waals surface area contributed by atoms with Crippen LogP contribution in [0, 0.1) is 19.8 Å². The number of nitrogens with zero attached hydrogens (tertiary/aromatic N) is 4. The number of aryl methyl sites for hydroxylation is 3. The lowest BCUT2D eigenvalue weighted by Gasteiger charge is -2.14. The van der Waals surface area contributed by atoms with Crippen LogP contribution in [0.3, 0.4) is 0 Å². The quantitative estimate of drug-likeness (QED) is 0.313. The summed E-state index contributed by atoms with van der Waals surface area (Å²) in [4.78, 5) is 44.6. The zero-order valence-electron chi connectivity index (χ0n) is 21.5. The summed E-state index contributed by atoms with van der Waals surface area (Å²) < 4.78 is 10.1. The van der Waals surface area contributed by atoms with E-state index < -0.39 is 16.9 Å². The van der Waals surface area contributed by atoms with Crippen molar-refractivity contribution in [1.29, 1.82) is 0 Å². The van der Waals surface area contributed by atoms with E-state index in [1.165, 1.54) is 10.6 Å². The maximum atomic E-state index is 13.8. The molecule has 0 spiro atoms. The lowest BCUT2D eigenvalue weighted by molar-refractivity contribution is 0.520. The van der Waals surface area contributed by atoms with Crippen LogP contribution in [0.2, 0.25) is 0 Å². The van der Waals surface area contributed by atoms with Crippen LogP contribution < -0.4 is 16.9 Å². The van der Waals surface area contributed by atoms with Crippen molar-refractivity contribution >= 4 is 22.1 Å². The van der Waals surface area contributed by atoms with E-state index in [1.807, 2.05) is 60.9 Å². The standard InChI is InChI=1S/C29H30N4O4/c1-18(2)12-13-31-17-30-27-25(31)28(35)33(29(36)32(27)15-21-8-6-5-7-9-21)16-22-14-24(34)37-26-20(4)19(3)10-11-23(22)26/h5-11,14,17-18H,12-13,15-16H2,1-4H3. The smallest absolute Gasteiger partial charge is 0.336 e. The Hall–Kier alpha value is -4.20. The Kier molecular flexibility index (Phi) is 6.41. The van der Waals surface area contributed by atoms with E-state index in [2.05, 4.69) is 18.8 Å². The van der Waals surface area contributed by atoms with Crippen LogP contribution in [-0.4, -0.2) is 18.7 Å². The average molecular weight is 499 g/mol. The number of benzene rings is 2. The lowest BCUT2D eigenvalue weighted by atomic mass is 10.0. The third-order valence-corrected chi connectivity index (χ3v) is 6.96. The molecule has 5 aromatic rings. The largest absolute Gasteiger partial charge is 0.422 e. The highest BCUT2D eigenvalue weighted by Crippen LogP contribution is 2.23. The van der Waals surface area contributed by atoms with E-state index in [4.69, 9.17) is 4.42 Å². The van der Waals surface area contributed by atoms with Gasteiger partial charge < -0.3 is 8.98 Å². The Labute approximate surface area is 213 Å². The summed E-state index contributed by atoms with van der Waals surface area (Å²) in [5.41, 5.74) is 3.14. The van der Waals surface area contributed by atoms with Crippen LogP contribution in [0.1, 0.15) is 42.5 Å². The third-order valence-electron chi connectivity index (χ3n) is 6.96. The first kappa shape index (κ1) is 24.5. The van der Waals surface area contributed by atoms with Crippen LogP contribution in [0.5, 0.6) is 0 Å². The molecule has 0 radical (unpaired) electrons. The van der Waals surface area contributed by atoms with Gasteiger partial charge in [-0.3, -0.25) is 13.9 Å². The fourth-order valence-electron chi connectivity index (χ4n) is 4.68. The molecule has 2 aromatic carbocycles. The second-order valence-electron chi connectivity index (χ2n) is 10.0. The van der Waals surface area contributed by atoms with E-state index in [9.17, 15) is 14.4 Å². The normalized spacial score (nSPS) is 11.7. The number of rotatable bonds is 7. The minimum Gasteiger partial charge on any atom is -0.422 e. The third kappa shape index (κ3) is 4.55.